The van der Waals surface area contributed by atoms with Gasteiger partial charge in [-0.3, -0.25) is 9.69 Å². The Labute approximate surface area is 149 Å². The second kappa shape index (κ2) is 8.54. The monoisotopic (exact) mass is 348 g/mol. The van der Waals surface area contributed by atoms with Gasteiger partial charge in [0.25, 0.3) is 0 Å². The minimum absolute atomic E-state index is 0.0721. The first kappa shape index (κ1) is 18.0. The van der Waals surface area contributed by atoms with Crippen molar-refractivity contribution in [2.24, 2.45) is 0 Å². The fourth-order valence-electron chi connectivity index (χ4n) is 3.73. The molecule has 6 nitrogen and oxygen atoms in total. The number of hydrogen-bond donors (Lipinski definition) is 1. The molecule has 2 heterocycles. The lowest BCUT2D eigenvalue weighted by molar-refractivity contribution is -0.123. The molecule has 2 aliphatic heterocycles. The number of amides is 1. The summed E-state index contributed by atoms with van der Waals surface area (Å²) in [5.74, 6) is 1.53. The molecular weight excluding hydrogens is 320 g/mol. The maximum atomic E-state index is 12.3. The topological polar surface area (TPSA) is 60.0 Å². The molecule has 0 aromatic heterocycles. The van der Waals surface area contributed by atoms with Crippen LogP contribution in [0.4, 0.5) is 0 Å². The molecular formula is C19H28N2O4. The van der Waals surface area contributed by atoms with Crippen molar-refractivity contribution in [1.29, 1.82) is 0 Å². The van der Waals surface area contributed by atoms with Crippen LogP contribution in [0.25, 0.3) is 0 Å². The van der Waals surface area contributed by atoms with E-state index in [9.17, 15) is 4.79 Å². The highest BCUT2D eigenvalue weighted by molar-refractivity contribution is 5.78. The number of methoxy groups -OCH3 is 2. The highest BCUT2D eigenvalue weighted by Gasteiger charge is 2.28. The van der Waals surface area contributed by atoms with Gasteiger partial charge in [-0.15, -0.1) is 0 Å². The third-order valence-corrected chi connectivity index (χ3v) is 5.05. The van der Waals surface area contributed by atoms with E-state index in [1.165, 1.54) is 5.56 Å². The van der Waals surface area contributed by atoms with E-state index < -0.39 is 0 Å². The van der Waals surface area contributed by atoms with Gasteiger partial charge in [-0.25, -0.2) is 0 Å². The summed E-state index contributed by atoms with van der Waals surface area (Å²) in [5, 5.41) is 3.01. The molecule has 0 unspecified atom stereocenters. The largest absolute Gasteiger partial charge is 0.493 e. The molecule has 6 heteroatoms. The normalized spacial score (nSPS) is 23.6. The van der Waals surface area contributed by atoms with Crippen LogP contribution < -0.4 is 14.8 Å². The summed E-state index contributed by atoms with van der Waals surface area (Å²) in [6.45, 7) is 2.79. The molecule has 1 amide bonds. The van der Waals surface area contributed by atoms with Crippen molar-refractivity contribution in [2.45, 2.75) is 37.8 Å². The lowest BCUT2D eigenvalue weighted by Gasteiger charge is -2.25. The van der Waals surface area contributed by atoms with E-state index in [0.717, 1.165) is 50.3 Å². The number of ether oxygens (including phenoxy) is 3. The molecule has 0 radical (unpaired) electrons. The lowest BCUT2D eigenvalue weighted by Crippen LogP contribution is -2.39. The molecule has 1 aromatic carbocycles. The zero-order valence-electron chi connectivity index (χ0n) is 15.1. The van der Waals surface area contributed by atoms with Crippen molar-refractivity contribution in [3.8, 4) is 11.5 Å². The fraction of sp³-hybridized carbons (Fsp3) is 0.632. The molecule has 2 fully saturated rings. The van der Waals surface area contributed by atoms with Gasteiger partial charge in [-0.2, -0.15) is 0 Å². The first-order valence-corrected chi connectivity index (χ1v) is 9.05. The smallest absolute Gasteiger partial charge is 0.234 e. The lowest BCUT2D eigenvalue weighted by atomic mass is 10.0. The zero-order valence-corrected chi connectivity index (χ0v) is 15.1. The third kappa shape index (κ3) is 4.44. The Morgan fingerprint density at radius 3 is 2.80 bits per heavy atom. The van der Waals surface area contributed by atoms with E-state index in [1.54, 1.807) is 14.2 Å². The van der Waals surface area contributed by atoms with Crippen LogP contribution in [-0.4, -0.2) is 57.4 Å². The number of carbonyl (C=O) groups is 1. The van der Waals surface area contributed by atoms with Gasteiger partial charge >= 0.3 is 0 Å². The van der Waals surface area contributed by atoms with Crippen LogP contribution in [0.3, 0.4) is 0 Å². The van der Waals surface area contributed by atoms with Crippen molar-refractivity contribution in [2.75, 3.05) is 40.5 Å². The van der Waals surface area contributed by atoms with Gasteiger partial charge in [0, 0.05) is 19.2 Å². The maximum Gasteiger partial charge on any atom is 0.234 e. The molecule has 2 atom stereocenters. The molecule has 0 saturated carbocycles. The highest BCUT2D eigenvalue weighted by atomic mass is 16.5. The molecule has 2 aliphatic rings. The van der Waals surface area contributed by atoms with Gasteiger partial charge in [0.05, 0.1) is 26.9 Å². The number of carbonyl (C=O) groups excluding carboxylic acids is 1. The summed E-state index contributed by atoms with van der Waals surface area (Å²) in [7, 11) is 3.28. The van der Waals surface area contributed by atoms with Gasteiger partial charge in [-0.05, 0) is 49.9 Å². The molecule has 0 bridgehead atoms. The molecule has 138 valence electrons. The first-order valence-electron chi connectivity index (χ1n) is 9.05. The fourth-order valence-corrected chi connectivity index (χ4v) is 3.73. The Balaban J connectivity index is 1.59. The van der Waals surface area contributed by atoms with Gasteiger partial charge in [0.1, 0.15) is 0 Å². The molecule has 1 aromatic rings. The highest BCUT2D eigenvalue weighted by Crippen LogP contribution is 2.36. The van der Waals surface area contributed by atoms with E-state index in [1.807, 2.05) is 12.1 Å². The van der Waals surface area contributed by atoms with Gasteiger partial charge in [0.15, 0.2) is 11.5 Å². The summed E-state index contributed by atoms with van der Waals surface area (Å²) in [6.07, 6.45) is 4.46. The summed E-state index contributed by atoms with van der Waals surface area (Å²) in [5.41, 5.74) is 1.17. The number of nitrogens with one attached hydrogen (secondary N) is 1. The van der Waals surface area contributed by atoms with E-state index >= 15 is 0 Å². The van der Waals surface area contributed by atoms with E-state index in [4.69, 9.17) is 14.2 Å². The van der Waals surface area contributed by atoms with Crippen molar-refractivity contribution >= 4 is 5.91 Å². The Morgan fingerprint density at radius 2 is 2.08 bits per heavy atom. The Kier molecular flexibility index (Phi) is 6.15. The number of hydrogen-bond acceptors (Lipinski definition) is 5. The van der Waals surface area contributed by atoms with E-state index in [2.05, 4.69) is 16.3 Å². The molecule has 0 spiro atoms. The average Bonchev–Trinajstić information content (AvgIpc) is 3.31. The van der Waals surface area contributed by atoms with Crippen LogP contribution in [0.5, 0.6) is 11.5 Å². The van der Waals surface area contributed by atoms with Gasteiger partial charge < -0.3 is 19.5 Å². The Morgan fingerprint density at radius 1 is 1.24 bits per heavy atom. The van der Waals surface area contributed by atoms with E-state index in [-0.39, 0.29) is 18.1 Å². The van der Waals surface area contributed by atoms with Crippen LogP contribution in [0, 0.1) is 0 Å². The Bertz CT molecular complexity index is 587. The quantitative estimate of drug-likeness (QED) is 0.818. The van der Waals surface area contributed by atoms with Crippen molar-refractivity contribution < 1.29 is 19.0 Å². The van der Waals surface area contributed by atoms with Crippen LogP contribution >= 0.6 is 0 Å². The van der Waals surface area contributed by atoms with Crippen LogP contribution in [0.15, 0.2) is 18.2 Å². The minimum Gasteiger partial charge on any atom is -0.493 e. The summed E-state index contributed by atoms with van der Waals surface area (Å²) in [4.78, 5) is 14.5. The summed E-state index contributed by atoms with van der Waals surface area (Å²) >= 11 is 0. The number of likely N-dealkylation sites (tertiary alicyclic amines) is 1. The maximum absolute atomic E-state index is 12.3. The van der Waals surface area contributed by atoms with Crippen LogP contribution in [0.2, 0.25) is 0 Å². The van der Waals surface area contributed by atoms with Crippen molar-refractivity contribution in [1.82, 2.24) is 10.2 Å². The SMILES string of the molecule is COc1ccc([C@H]2CCCN2CC(=O)NC[C@@H]2CCCO2)cc1OC. The molecule has 1 N–H and O–H groups in total. The number of nitrogens with zero attached hydrogens (tertiary/aromatic N) is 1. The summed E-state index contributed by atoms with van der Waals surface area (Å²) in [6, 6.07) is 6.26. The van der Waals surface area contributed by atoms with E-state index in [0.29, 0.717) is 13.1 Å². The van der Waals surface area contributed by atoms with Crippen LogP contribution in [-0.2, 0) is 9.53 Å². The summed E-state index contributed by atoms with van der Waals surface area (Å²) < 4.78 is 16.3. The third-order valence-electron chi connectivity index (χ3n) is 5.05. The van der Waals surface area contributed by atoms with Crippen molar-refractivity contribution in [3.63, 3.8) is 0 Å². The number of benzene rings is 1. The number of rotatable bonds is 7. The first-order chi connectivity index (χ1) is 12.2. The predicted octanol–water partition coefficient (Wildman–Crippen LogP) is 2.14. The standard InChI is InChI=1S/C19H28N2O4/c1-23-17-8-7-14(11-18(17)24-2)16-6-3-9-21(16)13-19(22)20-12-15-5-4-10-25-15/h7-8,11,15-16H,3-6,9-10,12-13H2,1-2H3,(H,20,22)/t15-,16+/m0/s1. The second-order valence-corrected chi connectivity index (χ2v) is 6.68. The van der Waals surface area contributed by atoms with Crippen LogP contribution in [0.1, 0.15) is 37.3 Å². The molecule has 0 aliphatic carbocycles. The second-order valence-electron chi connectivity index (χ2n) is 6.68. The molecule has 3 rings (SSSR count). The van der Waals surface area contributed by atoms with Crippen molar-refractivity contribution in [3.05, 3.63) is 23.8 Å². The Hall–Kier alpha value is -1.79. The van der Waals surface area contributed by atoms with Gasteiger partial charge in [0.2, 0.25) is 5.91 Å². The van der Waals surface area contributed by atoms with Gasteiger partial charge in [-0.1, -0.05) is 6.07 Å². The zero-order chi connectivity index (χ0) is 17.6. The predicted molar refractivity (Wildman–Crippen MR) is 95.1 cm³/mol. The minimum atomic E-state index is 0.0721. The molecule has 2 saturated heterocycles. The average molecular weight is 348 g/mol. The molecule has 25 heavy (non-hydrogen) atoms.